The molecule has 1 saturated heterocycles. The quantitative estimate of drug-likeness (QED) is 0.669. The number of amides is 2. The van der Waals surface area contributed by atoms with Crippen molar-refractivity contribution in [1.82, 2.24) is 14.7 Å². The number of nitriles is 2. The summed E-state index contributed by atoms with van der Waals surface area (Å²) in [5, 5.41) is 17.3. The van der Waals surface area contributed by atoms with E-state index in [-0.39, 0.29) is 30.6 Å². The Morgan fingerprint density at radius 1 is 1.00 bits per heavy atom. The Morgan fingerprint density at radius 2 is 1.57 bits per heavy atom. The average Bonchev–Trinajstić information content (AvgIpc) is 3.40. The summed E-state index contributed by atoms with van der Waals surface area (Å²) in [6.45, 7) is 3.80. The van der Waals surface area contributed by atoms with Gasteiger partial charge in [-0.2, -0.15) is 10.5 Å². The van der Waals surface area contributed by atoms with Crippen molar-refractivity contribution in [3.63, 3.8) is 0 Å². The van der Waals surface area contributed by atoms with Crippen LogP contribution in [0.1, 0.15) is 25.7 Å². The molecule has 1 aliphatic carbocycles. The Hall–Kier alpha value is -2.12. The first-order chi connectivity index (χ1) is 11.2. The van der Waals surface area contributed by atoms with E-state index in [4.69, 9.17) is 10.5 Å². The molecule has 0 bridgehead atoms. The predicted molar refractivity (Wildman–Crippen MR) is 82.8 cm³/mol. The van der Waals surface area contributed by atoms with Gasteiger partial charge in [0.1, 0.15) is 0 Å². The summed E-state index contributed by atoms with van der Waals surface area (Å²) < 4.78 is 0. The third-order valence-corrected chi connectivity index (χ3v) is 4.31. The Balaban J connectivity index is 1.76. The fraction of sp³-hybridized carbons (Fsp3) is 0.750. The molecular weight excluding hydrogens is 294 g/mol. The van der Waals surface area contributed by atoms with Crippen LogP contribution in [-0.4, -0.2) is 72.3 Å². The van der Waals surface area contributed by atoms with E-state index >= 15 is 0 Å². The summed E-state index contributed by atoms with van der Waals surface area (Å²) >= 11 is 0. The molecular formula is C16H23N5O2. The predicted octanol–water partition coefficient (Wildman–Crippen LogP) is 0.197. The number of hydrogen-bond donors (Lipinski definition) is 0. The number of rotatable bonds is 7. The molecule has 2 amide bonds. The number of carbonyl (C=O) groups excluding carboxylic acids is 2. The highest BCUT2D eigenvalue weighted by Gasteiger charge is 2.34. The normalized spacial score (nSPS) is 18.1. The van der Waals surface area contributed by atoms with Crippen LogP contribution >= 0.6 is 0 Å². The van der Waals surface area contributed by atoms with Gasteiger partial charge in [0.2, 0.25) is 11.8 Å². The van der Waals surface area contributed by atoms with Crippen molar-refractivity contribution in [2.75, 3.05) is 45.8 Å². The molecule has 124 valence electrons. The van der Waals surface area contributed by atoms with Crippen molar-refractivity contribution in [3.8, 4) is 12.1 Å². The van der Waals surface area contributed by atoms with Crippen LogP contribution in [0, 0.1) is 28.6 Å². The van der Waals surface area contributed by atoms with Crippen LogP contribution in [0.2, 0.25) is 0 Å². The summed E-state index contributed by atoms with van der Waals surface area (Å²) in [5.74, 6) is 0.466. The molecule has 0 radical (unpaired) electrons. The van der Waals surface area contributed by atoms with Crippen LogP contribution < -0.4 is 0 Å². The van der Waals surface area contributed by atoms with Crippen molar-refractivity contribution in [2.24, 2.45) is 5.92 Å². The fourth-order valence-corrected chi connectivity index (χ4v) is 2.74. The molecule has 0 N–H and O–H groups in total. The summed E-state index contributed by atoms with van der Waals surface area (Å²) in [5.41, 5.74) is 0. The number of carbonyl (C=O) groups is 2. The molecule has 0 aromatic carbocycles. The van der Waals surface area contributed by atoms with Gasteiger partial charge in [-0.25, -0.2) is 0 Å². The van der Waals surface area contributed by atoms with E-state index in [0.29, 0.717) is 45.8 Å². The lowest BCUT2D eigenvalue weighted by Crippen LogP contribution is -2.52. The van der Waals surface area contributed by atoms with Gasteiger partial charge in [0, 0.05) is 45.2 Å². The Bertz CT molecular complexity index is 492. The second-order valence-electron chi connectivity index (χ2n) is 6.07. The third-order valence-electron chi connectivity index (χ3n) is 4.31. The Labute approximate surface area is 137 Å². The molecule has 7 nitrogen and oxygen atoms in total. The maximum atomic E-state index is 12.3. The van der Waals surface area contributed by atoms with Crippen molar-refractivity contribution < 1.29 is 9.59 Å². The average molecular weight is 317 g/mol. The van der Waals surface area contributed by atoms with Crippen LogP contribution in [-0.2, 0) is 9.59 Å². The number of hydrogen-bond acceptors (Lipinski definition) is 5. The maximum Gasteiger partial charge on any atom is 0.236 e. The largest absolute Gasteiger partial charge is 0.340 e. The van der Waals surface area contributed by atoms with Gasteiger partial charge >= 0.3 is 0 Å². The van der Waals surface area contributed by atoms with Crippen LogP contribution in [0.3, 0.4) is 0 Å². The Morgan fingerprint density at radius 3 is 2.04 bits per heavy atom. The van der Waals surface area contributed by atoms with Crippen molar-refractivity contribution in [1.29, 1.82) is 10.5 Å². The van der Waals surface area contributed by atoms with E-state index in [1.807, 2.05) is 21.9 Å². The van der Waals surface area contributed by atoms with Gasteiger partial charge in [0.25, 0.3) is 0 Å². The molecule has 0 spiro atoms. The summed E-state index contributed by atoms with van der Waals surface area (Å²) in [6, 6.07) is 4.07. The first-order valence-corrected chi connectivity index (χ1v) is 8.18. The van der Waals surface area contributed by atoms with Gasteiger partial charge in [0.15, 0.2) is 0 Å². The molecule has 0 aromatic heterocycles. The number of nitrogens with zero attached hydrogens (tertiary/aromatic N) is 5. The summed E-state index contributed by atoms with van der Waals surface area (Å²) in [7, 11) is 0. The highest BCUT2D eigenvalue weighted by atomic mass is 16.2. The summed E-state index contributed by atoms with van der Waals surface area (Å²) in [4.78, 5) is 29.9. The smallest absolute Gasteiger partial charge is 0.236 e. The molecule has 1 aliphatic heterocycles. The molecule has 0 aromatic rings. The van der Waals surface area contributed by atoms with Gasteiger partial charge in [-0.1, -0.05) is 0 Å². The van der Waals surface area contributed by atoms with Crippen LogP contribution in [0.25, 0.3) is 0 Å². The lowest BCUT2D eigenvalue weighted by molar-refractivity contribution is -0.136. The maximum absolute atomic E-state index is 12.3. The molecule has 1 saturated carbocycles. The Kier molecular flexibility index (Phi) is 6.37. The van der Waals surface area contributed by atoms with E-state index < -0.39 is 0 Å². The zero-order valence-corrected chi connectivity index (χ0v) is 13.4. The zero-order chi connectivity index (χ0) is 16.7. The number of piperazine rings is 1. The van der Waals surface area contributed by atoms with Gasteiger partial charge in [-0.15, -0.1) is 0 Å². The monoisotopic (exact) mass is 317 g/mol. The molecule has 0 unspecified atom stereocenters. The van der Waals surface area contributed by atoms with E-state index in [2.05, 4.69) is 0 Å². The first-order valence-electron chi connectivity index (χ1n) is 8.18. The topological polar surface area (TPSA) is 91.4 Å². The van der Waals surface area contributed by atoms with E-state index in [1.54, 1.807) is 4.90 Å². The molecule has 0 atom stereocenters. The zero-order valence-electron chi connectivity index (χ0n) is 13.4. The molecule has 7 heteroatoms. The van der Waals surface area contributed by atoms with Crippen molar-refractivity contribution in [3.05, 3.63) is 0 Å². The SMILES string of the molecule is N#CCCN(CCC#N)C(=O)CN1CCN(C(=O)C2CC2)CC1. The third kappa shape index (κ3) is 5.22. The highest BCUT2D eigenvalue weighted by molar-refractivity contribution is 5.81. The van der Waals surface area contributed by atoms with Crippen LogP contribution in [0.15, 0.2) is 0 Å². The minimum Gasteiger partial charge on any atom is -0.340 e. The minimum atomic E-state index is -0.0440. The molecule has 23 heavy (non-hydrogen) atoms. The van der Waals surface area contributed by atoms with E-state index in [1.165, 1.54) is 0 Å². The van der Waals surface area contributed by atoms with E-state index in [9.17, 15) is 9.59 Å². The molecule has 2 rings (SSSR count). The van der Waals surface area contributed by atoms with Crippen LogP contribution in [0.4, 0.5) is 0 Å². The molecule has 1 heterocycles. The minimum absolute atomic E-state index is 0.0440. The standard InChI is InChI=1S/C16H23N5O2/c17-5-1-7-20(8-2-6-18)15(22)13-19-9-11-21(12-10-19)16(23)14-3-4-14/h14H,1-4,7-13H2. The highest BCUT2D eigenvalue weighted by Crippen LogP contribution is 2.31. The van der Waals surface area contributed by atoms with Crippen LogP contribution in [0.5, 0.6) is 0 Å². The fourth-order valence-electron chi connectivity index (χ4n) is 2.74. The lowest BCUT2D eigenvalue weighted by atomic mass is 10.2. The van der Waals surface area contributed by atoms with Gasteiger partial charge in [-0.3, -0.25) is 14.5 Å². The lowest BCUT2D eigenvalue weighted by Gasteiger charge is -2.35. The first kappa shape index (κ1) is 17.2. The second kappa shape index (κ2) is 8.50. The molecule has 2 aliphatic rings. The van der Waals surface area contributed by atoms with Gasteiger partial charge < -0.3 is 9.80 Å². The second-order valence-corrected chi connectivity index (χ2v) is 6.07. The molecule has 2 fully saturated rings. The van der Waals surface area contributed by atoms with Gasteiger partial charge in [0.05, 0.1) is 31.5 Å². The van der Waals surface area contributed by atoms with Crippen molar-refractivity contribution in [2.45, 2.75) is 25.7 Å². The van der Waals surface area contributed by atoms with E-state index in [0.717, 1.165) is 12.8 Å². The van der Waals surface area contributed by atoms with Gasteiger partial charge in [-0.05, 0) is 12.8 Å². The summed E-state index contributed by atoms with van der Waals surface area (Å²) in [6.07, 6.45) is 2.59. The van der Waals surface area contributed by atoms with Crippen molar-refractivity contribution >= 4 is 11.8 Å².